The highest BCUT2D eigenvalue weighted by molar-refractivity contribution is 5.91. The summed E-state index contributed by atoms with van der Waals surface area (Å²) in [6.07, 6.45) is 13.5. The average Bonchev–Trinajstić information content (AvgIpc) is 3.00. The third-order valence-corrected chi connectivity index (χ3v) is 7.71. The van der Waals surface area contributed by atoms with Gasteiger partial charge in [0.15, 0.2) is 0 Å². The monoisotopic (exact) mass is 550 g/mol. The van der Waals surface area contributed by atoms with Crippen molar-refractivity contribution in [2.75, 3.05) is 0 Å². The van der Waals surface area contributed by atoms with Gasteiger partial charge in [-0.05, 0) is 77.8 Å². The smallest absolute Gasteiger partial charge is 0.343 e. The van der Waals surface area contributed by atoms with Gasteiger partial charge in [-0.2, -0.15) is 0 Å². The molecule has 4 aromatic carbocycles. The highest BCUT2D eigenvalue weighted by atomic mass is 19.1. The Kier molecular flexibility index (Phi) is 11.7. The van der Waals surface area contributed by atoms with E-state index in [0.29, 0.717) is 11.3 Å². The van der Waals surface area contributed by atoms with Gasteiger partial charge in [0.05, 0.1) is 5.56 Å². The Bertz CT molecular complexity index is 1360. The van der Waals surface area contributed by atoms with Gasteiger partial charge < -0.3 is 4.74 Å². The Balaban J connectivity index is 1.31. The van der Waals surface area contributed by atoms with Crippen LogP contribution in [0.5, 0.6) is 5.75 Å². The van der Waals surface area contributed by atoms with E-state index < -0.39 is 11.8 Å². The van der Waals surface area contributed by atoms with Crippen molar-refractivity contribution in [1.29, 1.82) is 0 Å². The van der Waals surface area contributed by atoms with Crippen molar-refractivity contribution < 1.29 is 13.9 Å². The van der Waals surface area contributed by atoms with E-state index in [2.05, 4.69) is 50.2 Å². The Labute approximate surface area is 245 Å². The van der Waals surface area contributed by atoms with Crippen molar-refractivity contribution >= 4 is 5.97 Å². The molecule has 0 bridgehead atoms. The van der Waals surface area contributed by atoms with Crippen LogP contribution < -0.4 is 4.74 Å². The van der Waals surface area contributed by atoms with Crippen molar-refractivity contribution in [3.63, 3.8) is 0 Å². The number of aryl methyl sites for hydroxylation is 2. The number of carbonyl (C=O) groups excluding carboxylic acids is 1. The fourth-order valence-electron chi connectivity index (χ4n) is 5.16. The second kappa shape index (κ2) is 15.9. The van der Waals surface area contributed by atoms with Gasteiger partial charge >= 0.3 is 5.97 Å². The zero-order valence-corrected chi connectivity index (χ0v) is 24.6. The minimum Gasteiger partial charge on any atom is -0.423 e. The molecule has 0 aliphatic rings. The number of hydrogen-bond donors (Lipinski definition) is 0. The van der Waals surface area contributed by atoms with E-state index >= 15 is 4.39 Å². The highest BCUT2D eigenvalue weighted by Gasteiger charge is 2.13. The molecule has 0 saturated carbocycles. The summed E-state index contributed by atoms with van der Waals surface area (Å²) in [6, 6.07) is 28.7. The van der Waals surface area contributed by atoms with E-state index in [0.717, 1.165) is 29.5 Å². The van der Waals surface area contributed by atoms with Gasteiger partial charge in [0.25, 0.3) is 0 Å². The average molecular weight is 551 g/mol. The van der Waals surface area contributed by atoms with Crippen molar-refractivity contribution in [2.45, 2.75) is 84.5 Å². The van der Waals surface area contributed by atoms with Crippen LogP contribution >= 0.6 is 0 Å². The fraction of sp³-hybridized carbons (Fsp3) is 0.342. The largest absolute Gasteiger partial charge is 0.423 e. The Hall–Kier alpha value is -3.72. The number of halogens is 1. The molecule has 214 valence electrons. The fourth-order valence-corrected chi connectivity index (χ4v) is 5.16. The summed E-state index contributed by atoms with van der Waals surface area (Å²) in [5.41, 5.74) is 6.28. The first-order valence-corrected chi connectivity index (χ1v) is 15.4. The minimum atomic E-state index is -0.575. The highest BCUT2D eigenvalue weighted by Crippen LogP contribution is 2.27. The van der Waals surface area contributed by atoms with Gasteiger partial charge in [0.2, 0.25) is 0 Å². The zero-order valence-electron chi connectivity index (χ0n) is 24.6. The van der Waals surface area contributed by atoms with Crippen LogP contribution in [0.2, 0.25) is 0 Å². The van der Waals surface area contributed by atoms with Crippen molar-refractivity contribution in [1.82, 2.24) is 0 Å². The molecule has 0 spiro atoms. The molecule has 3 heteroatoms. The molecular formula is C38H43FO2. The predicted molar refractivity (Wildman–Crippen MR) is 169 cm³/mol. The summed E-state index contributed by atoms with van der Waals surface area (Å²) in [6.45, 7) is 4.45. The first-order chi connectivity index (χ1) is 20.1. The summed E-state index contributed by atoms with van der Waals surface area (Å²) in [4.78, 5) is 12.8. The van der Waals surface area contributed by atoms with Crippen LogP contribution in [0.15, 0.2) is 91.0 Å². The maximum absolute atomic E-state index is 15.0. The van der Waals surface area contributed by atoms with Crippen LogP contribution in [0.25, 0.3) is 22.3 Å². The van der Waals surface area contributed by atoms with Crippen molar-refractivity contribution in [3.8, 4) is 28.0 Å². The van der Waals surface area contributed by atoms with Crippen LogP contribution in [0.3, 0.4) is 0 Å². The van der Waals surface area contributed by atoms with Gasteiger partial charge in [0.1, 0.15) is 11.6 Å². The lowest BCUT2D eigenvalue weighted by atomic mass is 9.99. The number of hydrogen-bond acceptors (Lipinski definition) is 2. The molecule has 0 radical (unpaired) electrons. The maximum atomic E-state index is 15.0. The van der Waals surface area contributed by atoms with E-state index in [-0.39, 0.29) is 5.56 Å². The van der Waals surface area contributed by atoms with Crippen molar-refractivity contribution in [3.05, 3.63) is 114 Å². The number of carbonyl (C=O) groups is 1. The minimum absolute atomic E-state index is 0.188. The molecule has 0 unspecified atom stereocenters. The normalized spacial score (nSPS) is 11.0. The SMILES string of the molecule is CCCCCCCc1ccc(-c2ccc(C(=O)Oc3ccc(-c4ccc(CCCCCC)cc4)cc3)cc2F)cc1. The van der Waals surface area contributed by atoms with Gasteiger partial charge in [-0.15, -0.1) is 0 Å². The Morgan fingerprint density at radius 1 is 0.585 bits per heavy atom. The van der Waals surface area contributed by atoms with Gasteiger partial charge in [0, 0.05) is 5.56 Å². The van der Waals surface area contributed by atoms with E-state index in [1.807, 2.05) is 24.3 Å². The standard InChI is InChI=1S/C38H43FO2/c1-3-5-7-9-11-13-30-16-20-33(21-17-30)36-27-24-34(28-37(36)39)38(40)41-35-25-22-32(23-26-35)31-18-14-29(15-19-31)12-10-8-6-4-2/h14-28H,3-13H2,1-2H3. The molecule has 0 aliphatic heterocycles. The molecular weight excluding hydrogens is 507 g/mol. The summed E-state index contributed by atoms with van der Waals surface area (Å²) >= 11 is 0. The summed E-state index contributed by atoms with van der Waals surface area (Å²) in [7, 11) is 0. The molecule has 0 N–H and O–H groups in total. The van der Waals surface area contributed by atoms with E-state index in [1.54, 1.807) is 24.3 Å². The number of esters is 1. The summed E-state index contributed by atoms with van der Waals surface area (Å²) < 4.78 is 20.6. The number of benzene rings is 4. The second-order valence-corrected chi connectivity index (χ2v) is 11.0. The molecule has 0 amide bonds. The summed E-state index contributed by atoms with van der Waals surface area (Å²) in [5.74, 6) is -0.578. The lowest BCUT2D eigenvalue weighted by Crippen LogP contribution is -2.09. The third-order valence-electron chi connectivity index (χ3n) is 7.71. The van der Waals surface area contributed by atoms with E-state index in [1.165, 1.54) is 75.0 Å². The number of rotatable bonds is 15. The number of unbranched alkanes of at least 4 members (excludes halogenated alkanes) is 7. The van der Waals surface area contributed by atoms with Crippen molar-refractivity contribution in [2.24, 2.45) is 0 Å². The molecule has 4 rings (SSSR count). The predicted octanol–water partition coefficient (Wildman–Crippen LogP) is 11.0. The second-order valence-electron chi connectivity index (χ2n) is 11.0. The third kappa shape index (κ3) is 9.14. The van der Waals surface area contributed by atoms with Crippen LogP contribution in [0, 0.1) is 5.82 Å². The zero-order chi connectivity index (χ0) is 28.9. The molecule has 0 aliphatic carbocycles. The molecule has 0 fully saturated rings. The van der Waals surface area contributed by atoms with Crippen LogP contribution in [-0.2, 0) is 12.8 Å². The summed E-state index contributed by atoms with van der Waals surface area (Å²) in [5, 5.41) is 0. The van der Waals surface area contributed by atoms with Gasteiger partial charge in [-0.25, -0.2) is 9.18 Å². The molecule has 0 aromatic heterocycles. The molecule has 2 nitrogen and oxygen atoms in total. The molecule has 4 aromatic rings. The first kappa shape index (κ1) is 30.2. The molecule has 0 atom stereocenters. The van der Waals surface area contributed by atoms with E-state index in [9.17, 15) is 4.79 Å². The van der Waals surface area contributed by atoms with E-state index in [4.69, 9.17) is 4.74 Å². The molecule has 0 heterocycles. The molecule has 41 heavy (non-hydrogen) atoms. The Morgan fingerprint density at radius 2 is 1.07 bits per heavy atom. The van der Waals surface area contributed by atoms with Crippen LogP contribution in [0.4, 0.5) is 4.39 Å². The van der Waals surface area contributed by atoms with Crippen LogP contribution in [-0.4, -0.2) is 5.97 Å². The van der Waals surface area contributed by atoms with Crippen LogP contribution in [0.1, 0.15) is 93.1 Å². The topological polar surface area (TPSA) is 26.3 Å². The van der Waals surface area contributed by atoms with Gasteiger partial charge in [-0.1, -0.05) is 126 Å². The lowest BCUT2D eigenvalue weighted by molar-refractivity contribution is 0.0734. The Morgan fingerprint density at radius 3 is 1.61 bits per heavy atom. The lowest BCUT2D eigenvalue weighted by Gasteiger charge is -2.09. The number of ether oxygens (including phenoxy) is 1. The quantitative estimate of drug-likeness (QED) is 0.0836. The maximum Gasteiger partial charge on any atom is 0.343 e. The van der Waals surface area contributed by atoms with Gasteiger partial charge in [-0.3, -0.25) is 0 Å². The first-order valence-electron chi connectivity index (χ1n) is 15.4. The molecule has 0 saturated heterocycles.